The van der Waals surface area contributed by atoms with E-state index in [1.807, 2.05) is 0 Å². The first-order valence-corrected chi connectivity index (χ1v) is 11.1. The molecule has 0 spiro atoms. The lowest BCUT2D eigenvalue weighted by molar-refractivity contribution is 0.141. The molecule has 2 aromatic rings. The van der Waals surface area contributed by atoms with Crippen molar-refractivity contribution < 1.29 is 26.0 Å². The Labute approximate surface area is 152 Å². The number of alkyl halides is 1. The topological polar surface area (TPSA) is 80.8 Å². The van der Waals surface area contributed by atoms with Crippen molar-refractivity contribution >= 4 is 19.9 Å². The van der Waals surface area contributed by atoms with Crippen molar-refractivity contribution in [3.63, 3.8) is 0 Å². The van der Waals surface area contributed by atoms with Crippen LogP contribution in [0, 0.1) is 0 Å². The van der Waals surface area contributed by atoms with Crippen LogP contribution in [0.2, 0.25) is 0 Å². The van der Waals surface area contributed by atoms with Crippen LogP contribution in [0.15, 0.2) is 52.3 Å². The van der Waals surface area contributed by atoms with Gasteiger partial charge in [-0.2, -0.15) is 4.31 Å². The van der Waals surface area contributed by atoms with Gasteiger partial charge < -0.3 is 4.74 Å². The summed E-state index contributed by atoms with van der Waals surface area (Å²) in [6.45, 7) is -0.292. The monoisotopic (exact) mass is 399 g/mol. The molecule has 0 unspecified atom stereocenters. The molecule has 1 fully saturated rings. The van der Waals surface area contributed by atoms with E-state index in [2.05, 4.69) is 0 Å². The predicted octanol–water partition coefficient (Wildman–Crippen LogP) is 2.11. The third-order valence-corrected chi connectivity index (χ3v) is 7.16. The zero-order valence-corrected chi connectivity index (χ0v) is 15.8. The fourth-order valence-electron chi connectivity index (χ4n) is 2.69. The number of hydrogen-bond donors (Lipinski definition) is 0. The Hall–Kier alpha value is -1.97. The van der Waals surface area contributed by atoms with Gasteiger partial charge in [0.05, 0.1) is 16.9 Å². The van der Waals surface area contributed by atoms with Crippen molar-refractivity contribution in [2.75, 3.05) is 26.5 Å². The van der Waals surface area contributed by atoms with Crippen LogP contribution in [0.25, 0.3) is 11.1 Å². The summed E-state index contributed by atoms with van der Waals surface area (Å²) in [7, 11) is -5.65. The normalized spacial score (nSPS) is 16.3. The zero-order chi connectivity index (χ0) is 19.1. The number of hydrogen-bond acceptors (Lipinski definition) is 5. The average molecular weight is 399 g/mol. The molecule has 3 rings (SSSR count). The van der Waals surface area contributed by atoms with E-state index in [4.69, 9.17) is 4.74 Å². The van der Waals surface area contributed by atoms with Crippen LogP contribution in [0.4, 0.5) is 4.39 Å². The number of ether oxygens (including phenoxy) is 1. The van der Waals surface area contributed by atoms with Gasteiger partial charge in [0.2, 0.25) is 10.0 Å². The Kier molecular flexibility index (Phi) is 4.80. The van der Waals surface area contributed by atoms with E-state index in [1.54, 1.807) is 12.1 Å². The van der Waals surface area contributed by atoms with Crippen LogP contribution >= 0.6 is 0 Å². The second kappa shape index (κ2) is 6.64. The zero-order valence-electron chi connectivity index (χ0n) is 14.2. The predicted molar refractivity (Wildman–Crippen MR) is 95.2 cm³/mol. The molecule has 0 N–H and O–H groups in total. The molecule has 140 valence electrons. The summed E-state index contributed by atoms with van der Waals surface area (Å²) < 4.78 is 67.7. The molecule has 0 atom stereocenters. The Morgan fingerprint density at radius 2 is 1.58 bits per heavy atom. The minimum Gasteiger partial charge on any atom is -0.496 e. The highest BCUT2D eigenvalue weighted by molar-refractivity contribution is 7.90. The number of nitrogens with zero attached hydrogens (tertiary/aromatic N) is 1. The molecule has 26 heavy (non-hydrogen) atoms. The standard InChI is InChI=1S/C17H18FNO5S2/c1-24-17-8-7-15(26(22,23)19-10-13(18)11-19)9-16(17)12-3-5-14(6-4-12)25(2,20)21/h3-9,13H,10-11H2,1-2H3. The van der Waals surface area contributed by atoms with Crippen molar-refractivity contribution in [2.45, 2.75) is 16.0 Å². The highest BCUT2D eigenvalue weighted by Crippen LogP contribution is 2.34. The Morgan fingerprint density at radius 1 is 1.00 bits per heavy atom. The summed E-state index contributed by atoms with van der Waals surface area (Å²) in [4.78, 5) is 0.200. The van der Waals surface area contributed by atoms with Gasteiger partial charge >= 0.3 is 0 Å². The average Bonchev–Trinajstić information content (AvgIpc) is 2.57. The summed E-state index contributed by atoms with van der Waals surface area (Å²) in [5.41, 5.74) is 1.12. The van der Waals surface area contributed by atoms with E-state index in [1.165, 1.54) is 37.4 Å². The van der Waals surface area contributed by atoms with Gasteiger partial charge in [0.1, 0.15) is 11.9 Å². The second-order valence-corrected chi connectivity index (χ2v) is 10.0. The lowest BCUT2D eigenvalue weighted by Gasteiger charge is -2.33. The number of rotatable bonds is 5. The minimum atomic E-state index is -3.78. The van der Waals surface area contributed by atoms with Crippen molar-refractivity contribution in [1.82, 2.24) is 4.31 Å². The Bertz CT molecular complexity index is 1030. The van der Waals surface area contributed by atoms with Crippen LogP contribution in [0.1, 0.15) is 0 Å². The molecular formula is C17H18FNO5S2. The molecule has 0 aliphatic carbocycles. The maximum absolute atomic E-state index is 13.0. The lowest BCUT2D eigenvalue weighted by Crippen LogP contribution is -2.51. The number of benzene rings is 2. The van der Waals surface area contributed by atoms with Crippen molar-refractivity contribution in [1.29, 1.82) is 0 Å². The van der Waals surface area contributed by atoms with Gasteiger partial charge in [-0.1, -0.05) is 12.1 Å². The van der Waals surface area contributed by atoms with E-state index in [-0.39, 0.29) is 22.9 Å². The number of halogens is 1. The maximum atomic E-state index is 13.0. The number of methoxy groups -OCH3 is 1. The third-order valence-electron chi connectivity index (χ3n) is 4.21. The van der Waals surface area contributed by atoms with E-state index in [9.17, 15) is 21.2 Å². The molecule has 0 aromatic heterocycles. The molecule has 1 aliphatic heterocycles. The first kappa shape index (κ1) is 18.8. The summed E-state index contributed by atoms with van der Waals surface area (Å²) in [6.07, 6.45) is -0.0212. The first-order valence-electron chi connectivity index (χ1n) is 7.75. The summed E-state index contributed by atoms with van der Waals surface area (Å²) in [5, 5.41) is 0. The number of sulfone groups is 1. The molecule has 0 radical (unpaired) electrons. The van der Waals surface area contributed by atoms with Crippen molar-refractivity contribution in [3.8, 4) is 16.9 Å². The highest BCUT2D eigenvalue weighted by Gasteiger charge is 2.37. The molecule has 0 amide bonds. The Balaban J connectivity index is 2.04. The molecule has 2 aromatic carbocycles. The first-order chi connectivity index (χ1) is 12.1. The van der Waals surface area contributed by atoms with E-state index >= 15 is 0 Å². The van der Waals surface area contributed by atoms with Gasteiger partial charge in [0.15, 0.2) is 9.84 Å². The SMILES string of the molecule is COc1ccc(S(=O)(=O)N2CC(F)C2)cc1-c1ccc(S(C)(=O)=O)cc1. The fraction of sp³-hybridized carbons (Fsp3) is 0.294. The lowest BCUT2D eigenvalue weighted by atomic mass is 10.0. The minimum absolute atomic E-state index is 0.0346. The van der Waals surface area contributed by atoms with Gasteiger partial charge in [-0.3, -0.25) is 0 Å². The van der Waals surface area contributed by atoms with E-state index in [0.29, 0.717) is 16.9 Å². The van der Waals surface area contributed by atoms with Gasteiger partial charge in [-0.05, 0) is 35.9 Å². The van der Waals surface area contributed by atoms with Gasteiger partial charge in [-0.15, -0.1) is 0 Å². The van der Waals surface area contributed by atoms with Crippen LogP contribution in [0.3, 0.4) is 0 Å². The van der Waals surface area contributed by atoms with Crippen LogP contribution < -0.4 is 4.74 Å². The summed E-state index contributed by atoms with van der Waals surface area (Å²) >= 11 is 0. The van der Waals surface area contributed by atoms with Crippen molar-refractivity contribution in [3.05, 3.63) is 42.5 Å². The molecular weight excluding hydrogens is 381 g/mol. The Morgan fingerprint density at radius 3 is 2.08 bits per heavy atom. The molecule has 0 saturated carbocycles. The van der Waals surface area contributed by atoms with Crippen LogP contribution in [0.5, 0.6) is 5.75 Å². The van der Waals surface area contributed by atoms with Gasteiger partial charge in [0.25, 0.3) is 0 Å². The molecule has 1 heterocycles. The van der Waals surface area contributed by atoms with Gasteiger partial charge in [-0.25, -0.2) is 21.2 Å². The molecule has 1 aliphatic rings. The maximum Gasteiger partial charge on any atom is 0.243 e. The van der Waals surface area contributed by atoms with E-state index < -0.39 is 26.0 Å². The van der Waals surface area contributed by atoms with Gasteiger partial charge in [0, 0.05) is 24.9 Å². The highest BCUT2D eigenvalue weighted by atomic mass is 32.2. The van der Waals surface area contributed by atoms with E-state index in [0.717, 1.165) is 10.6 Å². The largest absolute Gasteiger partial charge is 0.496 e. The van der Waals surface area contributed by atoms with Crippen LogP contribution in [-0.4, -0.2) is 53.8 Å². The molecule has 0 bridgehead atoms. The molecule has 6 nitrogen and oxygen atoms in total. The summed E-state index contributed by atoms with van der Waals surface area (Å²) in [6, 6.07) is 10.5. The quantitative estimate of drug-likeness (QED) is 0.769. The summed E-state index contributed by atoms with van der Waals surface area (Å²) in [5.74, 6) is 0.447. The van der Waals surface area contributed by atoms with Crippen molar-refractivity contribution in [2.24, 2.45) is 0 Å². The molecule has 9 heteroatoms. The number of sulfonamides is 1. The fourth-order valence-corrected chi connectivity index (χ4v) is 4.84. The van der Waals surface area contributed by atoms with Crippen LogP contribution in [-0.2, 0) is 19.9 Å². The smallest absolute Gasteiger partial charge is 0.243 e. The molecule has 1 saturated heterocycles. The third kappa shape index (κ3) is 3.46. The second-order valence-electron chi connectivity index (χ2n) is 6.08.